The maximum Gasteiger partial charge on any atom is 0.251 e. The molecule has 3 N–H and O–H groups in total. The molecule has 2 aromatic carbocycles. The summed E-state index contributed by atoms with van der Waals surface area (Å²) in [6.45, 7) is 3.13. The highest BCUT2D eigenvalue weighted by molar-refractivity contribution is 6.02. The summed E-state index contributed by atoms with van der Waals surface area (Å²) in [4.78, 5) is 27.0. The summed E-state index contributed by atoms with van der Waals surface area (Å²) in [5.74, 6) is -0.283. The topological polar surface area (TPSA) is 75.4 Å². The smallest absolute Gasteiger partial charge is 0.251 e. The van der Waals surface area contributed by atoms with Crippen LogP contribution in [0.25, 0.3) is 0 Å². The van der Waals surface area contributed by atoms with Gasteiger partial charge in [0.15, 0.2) is 0 Å². The average molecular weight is 374 g/mol. The summed E-state index contributed by atoms with van der Waals surface area (Å²) in [5, 5.41) is 2.87. The van der Waals surface area contributed by atoms with Crippen LogP contribution in [0.15, 0.2) is 48.5 Å². The van der Waals surface area contributed by atoms with Gasteiger partial charge in [-0.05, 0) is 49.6 Å². The second-order valence-corrected chi connectivity index (χ2v) is 6.39. The Morgan fingerprint density at radius 1 is 1.15 bits per heavy atom. The molecule has 2 aromatic rings. The fourth-order valence-corrected chi connectivity index (χ4v) is 3.02. The van der Waals surface area contributed by atoms with Gasteiger partial charge in [0, 0.05) is 24.3 Å². The molecule has 1 atom stereocenters. The van der Waals surface area contributed by atoms with Crippen molar-refractivity contribution in [3.63, 3.8) is 0 Å². The van der Waals surface area contributed by atoms with Crippen LogP contribution in [0.5, 0.6) is 0 Å². The van der Waals surface area contributed by atoms with Gasteiger partial charge in [0.2, 0.25) is 5.91 Å². The van der Waals surface area contributed by atoms with Crippen molar-refractivity contribution in [1.82, 2.24) is 5.32 Å². The van der Waals surface area contributed by atoms with E-state index in [0.717, 1.165) is 23.2 Å². The largest absolute Gasteiger partial charge is 0.340 e. The second-order valence-electron chi connectivity index (χ2n) is 6.39. The van der Waals surface area contributed by atoms with Crippen molar-refractivity contribution < 1.29 is 9.59 Å². The Kier molecular flexibility index (Phi) is 6.77. The molecule has 1 aliphatic heterocycles. The summed E-state index contributed by atoms with van der Waals surface area (Å²) in [6.07, 6.45) is 1.52. The molecule has 0 radical (unpaired) electrons. The lowest BCUT2D eigenvalue weighted by atomic mass is 10.0. The quantitative estimate of drug-likeness (QED) is 0.865. The third-order valence-electron chi connectivity index (χ3n) is 4.54. The van der Waals surface area contributed by atoms with Gasteiger partial charge in [0.25, 0.3) is 5.91 Å². The van der Waals surface area contributed by atoms with E-state index < -0.39 is 6.04 Å². The summed E-state index contributed by atoms with van der Waals surface area (Å²) in [5.41, 5.74) is 9.11. The van der Waals surface area contributed by atoms with Gasteiger partial charge < -0.3 is 16.0 Å². The predicted octanol–water partition coefficient (Wildman–Crippen LogP) is 2.80. The van der Waals surface area contributed by atoms with Crippen molar-refractivity contribution in [2.24, 2.45) is 5.73 Å². The molecule has 2 amide bonds. The highest BCUT2D eigenvalue weighted by atomic mass is 35.5. The third kappa shape index (κ3) is 4.42. The normalized spacial score (nSPS) is 16.8. The molecule has 0 aromatic heterocycles. The molecule has 6 heteroatoms. The van der Waals surface area contributed by atoms with Crippen molar-refractivity contribution >= 4 is 29.9 Å². The predicted molar refractivity (Wildman–Crippen MR) is 106 cm³/mol. The molecule has 0 saturated carbocycles. The molecule has 138 valence electrons. The van der Waals surface area contributed by atoms with Gasteiger partial charge in [0.1, 0.15) is 6.04 Å². The highest BCUT2D eigenvalue weighted by Gasteiger charge is 2.30. The number of piperidine rings is 1. The number of anilines is 1. The molecule has 1 heterocycles. The zero-order valence-electron chi connectivity index (χ0n) is 14.8. The van der Waals surface area contributed by atoms with Crippen LogP contribution in [-0.4, -0.2) is 24.4 Å². The first kappa shape index (κ1) is 19.9. The van der Waals surface area contributed by atoms with Gasteiger partial charge >= 0.3 is 0 Å². The number of carbonyl (C=O) groups excluding carboxylic acids is 2. The van der Waals surface area contributed by atoms with Gasteiger partial charge in [-0.25, -0.2) is 0 Å². The first-order valence-electron chi connectivity index (χ1n) is 8.56. The van der Waals surface area contributed by atoms with Crippen molar-refractivity contribution in [2.45, 2.75) is 32.4 Å². The fourth-order valence-electron chi connectivity index (χ4n) is 3.02. The monoisotopic (exact) mass is 373 g/mol. The number of carbonyl (C=O) groups is 2. The number of nitrogens with zero attached hydrogens (tertiary/aromatic N) is 1. The molecule has 5 nitrogen and oxygen atoms in total. The van der Waals surface area contributed by atoms with Crippen LogP contribution >= 0.6 is 12.4 Å². The van der Waals surface area contributed by atoms with E-state index in [0.29, 0.717) is 25.1 Å². The molecule has 0 aliphatic carbocycles. The van der Waals surface area contributed by atoms with E-state index in [9.17, 15) is 9.59 Å². The first-order chi connectivity index (χ1) is 12.1. The molecule has 0 spiro atoms. The minimum Gasteiger partial charge on any atom is -0.340 e. The SMILES string of the molecule is Cc1ccc(N2CCCC(NC(=O)c3ccc(CN)cc3)C2=O)cc1.Cl. The van der Waals surface area contributed by atoms with Crippen molar-refractivity contribution in [1.29, 1.82) is 0 Å². The summed E-state index contributed by atoms with van der Waals surface area (Å²) >= 11 is 0. The van der Waals surface area contributed by atoms with E-state index in [1.54, 1.807) is 17.0 Å². The van der Waals surface area contributed by atoms with Gasteiger partial charge in [-0.1, -0.05) is 29.8 Å². The molecule has 3 rings (SSSR count). The van der Waals surface area contributed by atoms with Crippen molar-refractivity contribution in [3.05, 3.63) is 65.2 Å². The van der Waals surface area contributed by atoms with Gasteiger partial charge in [-0.3, -0.25) is 9.59 Å². The Morgan fingerprint density at radius 2 is 1.81 bits per heavy atom. The maximum absolute atomic E-state index is 12.8. The standard InChI is InChI=1S/C20H23N3O2.ClH/c1-14-4-10-17(11-5-14)23-12-2-3-18(20(23)25)22-19(24)16-8-6-15(13-21)7-9-16;/h4-11,18H,2-3,12-13,21H2,1H3,(H,22,24);1H. The van der Waals surface area contributed by atoms with Crippen LogP contribution in [-0.2, 0) is 11.3 Å². The zero-order valence-corrected chi connectivity index (χ0v) is 15.6. The van der Waals surface area contributed by atoms with Crippen LogP contribution in [0, 0.1) is 6.92 Å². The summed E-state index contributed by atoms with van der Waals surface area (Å²) in [7, 11) is 0. The molecule has 1 fully saturated rings. The van der Waals surface area contributed by atoms with E-state index in [2.05, 4.69) is 5.32 Å². The van der Waals surface area contributed by atoms with E-state index >= 15 is 0 Å². The second kappa shape index (κ2) is 8.83. The number of halogens is 1. The molecule has 26 heavy (non-hydrogen) atoms. The zero-order chi connectivity index (χ0) is 17.8. The molecular weight excluding hydrogens is 350 g/mol. The number of amides is 2. The minimum atomic E-state index is -0.489. The average Bonchev–Trinajstić information content (AvgIpc) is 2.64. The number of hydrogen-bond acceptors (Lipinski definition) is 3. The van der Waals surface area contributed by atoms with E-state index in [1.807, 2.05) is 43.3 Å². The van der Waals surface area contributed by atoms with Crippen molar-refractivity contribution in [2.75, 3.05) is 11.4 Å². The van der Waals surface area contributed by atoms with Crippen molar-refractivity contribution in [3.8, 4) is 0 Å². The molecule has 1 saturated heterocycles. The van der Waals surface area contributed by atoms with Crippen LogP contribution in [0.3, 0.4) is 0 Å². The van der Waals surface area contributed by atoms with Gasteiger partial charge in [0.05, 0.1) is 0 Å². The van der Waals surface area contributed by atoms with Gasteiger partial charge in [-0.2, -0.15) is 0 Å². The number of rotatable bonds is 4. The number of hydrogen-bond donors (Lipinski definition) is 2. The van der Waals surface area contributed by atoms with E-state index in [1.165, 1.54) is 0 Å². The Bertz CT molecular complexity index is 760. The first-order valence-corrected chi connectivity index (χ1v) is 8.56. The number of nitrogens with one attached hydrogen (secondary N) is 1. The summed E-state index contributed by atoms with van der Waals surface area (Å²) in [6, 6.07) is 14.5. The molecule has 1 aliphatic rings. The molecule has 1 unspecified atom stereocenters. The van der Waals surface area contributed by atoms with Crippen LogP contribution in [0.2, 0.25) is 0 Å². The van der Waals surface area contributed by atoms with Crippen LogP contribution < -0.4 is 16.0 Å². The molecular formula is C20H24ClN3O2. The van der Waals surface area contributed by atoms with Crippen LogP contribution in [0.4, 0.5) is 5.69 Å². The lowest BCUT2D eigenvalue weighted by Crippen LogP contribution is -2.52. The highest BCUT2D eigenvalue weighted by Crippen LogP contribution is 2.22. The Labute approximate surface area is 160 Å². The molecule has 0 bridgehead atoms. The van der Waals surface area contributed by atoms with Crippen LogP contribution in [0.1, 0.15) is 34.3 Å². The lowest BCUT2D eigenvalue weighted by molar-refractivity contribution is -0.121. The Hall–Kier alpha value is -2.37. The minimum absolute atomic E-state index is 0. The number of benzene rings is 2. The number of nitrogens with two attached hydrogens (primary N) is 1. The van der Waals surface area contributed by atoms with Gasteiger partial charge in [-0.15, -0.1) is 12.4 Å². The Balaban J connectivity index is 0.00000243. The number of aryl methyl sites for hydroxylation is 1. The third-order valence-corrected chi connectivity index (χ3v) is 4.54. The Morgan fingerprint density at radius 3 is 2.42 bits per heavy atom. The summed E-state index contributed by atoms with van der Waals surface area (Å²) < 4.78 is 0. The lowest BCUT2D eigenvalue weighted by Gasteiger charge is -2.32. The van der Waals surface area contributed by atoms with E-state index in [-0.39, 0.29) is 24.2 Å². The van der Waals surface area contributed by atoms with E-state index in [4.69, 9.17) is 5.73 Å². The maximum atomic E-state index is 12.8. The fraction of sp³-hybridized carbons (Fsp3) is 0.300.